The Morgan fingerprint density at radius 2 is 1.83 bits per heavy atom. The number of carbonyl (C=O) groups excluding carboxylic acids is 1. The Morgan fingerprint density at radius 1 is 1.24 bits per heavy atom. The zero-order valence-corrected chi connectivity index (χ0v) is 17.0. The molecular formula is C18H23N5O6. The average molecular weight is 405 g/mol. The molecule has 11 heteroatoms. The van der Waals surface area contributed by atoms with Gasteiger partial charge in [-0.3, -0.25) is 19.6 Å². The summed E-state index contributed by atoms with van der Waals surface area (Å²) in [5.74, 6) is 0.857. The molecule has 1 unspecified atom stereocenters. The van der Waals surface area contributed by atoms with Crippen molar-refractivity contribution in [1.29, 1.82) is 0 Å². The summed E-state index contributed by atoms with van der Waals surface area (Å²) in [5.41, 5.74) is 3.44. The summed E-state index contributed by atoms with van der Waals surface area (Å²) < 4.78 is 17.1. The van der Waals surface area contributed by atoms with Gasteiger partial charge in [0.1, 0.15) is 17.4 Å². The Bertz CT molecular complexity index is 927. The molecule has 0 saturated heterocycles. The molecule has 2 aromatic rings. The van der Waals surface area contributed by atoms with Crippen molar-refractivity contribution in [2.24, 2.45) is 5.10 Å². The zero-order valence-electron chi connectivity index (χ0n) is 17.0. The van der Waals surface area contributed by atoms with E-state index in [1.807, 2.05) is 0 Å². The van der Waals surface area contributed by atoms with Gasteiger partial charge >= 0.3 is 5.69 Å². The number of amides is 1. The lowest BCUT2D eigenvalue weighted by molar-refractivity contribution is -0.386. The number of nitrogens with zero attached hydrogens (tertiary/aromatic N) is 4. The van der Waals surface area contributed by atoms with Crippen molar-refractivity contribution >= 4 is 17.8 Å². The normalized spacial score (nSPS) is 11.9. The Morgan fingerprint density at radius 3 is 2.28 bits per heavy atom. The summed E-state index contributed by atoms with van der Waals surface area (Å²) in [6, 6.07) is 2.55. The van der Waals surface area contributed by atoms with Crippen LogP contribution >= 0.6 is 0 Å². The van der Waals surface area contributed by atoms with Crippen LogP contribution in [0.5, 0.6) is 17.2 Å². The molecule has 1 N–H and O–H groups in total. The van der Waals surface area contributed by atoms with Crippen molar-refractivity contribution in [2.45, 2.75) is 26.8 Å². The number of carbonyl (C=O) groups is 1. The number of nitro groups is 1. The highest BCUT2D eigenvalue weighted by molar-refractivity contribution is 5.85. The average Bonchev–Trinajstić information content (AvgIpc) is 3.00. The van der Waals surface area contributed by atoms with Crippen LogP contribution in [-0.4, -0.2) is 48.2 Å². The fraction of sp³-hybridized carbons (Fsp3) is 0.389. The van der Waals surface area contributed by atoms with Crippen molar-refractivity contribution < 1.29 is 23.9 Å². The molecule has 0 aliphatic rings. The fourth-order valence-electron chi connectivity index (χ4n) is 2.85. The fourth-order valence-corrected chi connectivity index (χ4v) is 2.85. The molecule has 0 aliphatic carbocycles. The maximum absolute atomic E-state index is 12.4. The first-order valence-electron chi connectivity index (χ1n) is 8.58. The van der Waals surface area contributed by atoms with Crippen LogP contribution in [0.3, 0.4) is 0 Å². The Labute approximate surface area is 167 Å². The zero-order chi connectivity index (χ0) is 21.7. The van der Waals surface area contributed by atoms with E-state index in [2.05, 4.69) is 15.6 Å². The lowest BCUT2D eigenvalue weighted by atomic mass is 10.2. The first-order valence-corrected chi connectivity index (χ1v) is 8.58. The van der Waals surface area contributed by atoms with Crippen LogP contribution in [0, 0.1) is 24.0 Å². The van der Waals surface area contributed by atoms with Crippen LogP contribution in [0.15, 0.2) is 17.2 Å². The molecule has 0 aliphatic heterocycles. The maximum Gasteiger partial charge on any atom is 0.312 e. The molecule has 0 fully saturated rings. The third kappa shape index (κ3) is 4.45. The van der Waals surface area contributed by atoms with Gasteiger partial charge in [0.15, 0.2) is 11.5 Å². The highest BCUT2D eigenvalue weighted by Gasteiger charge is 2.26. The van der Waals surface area contributed by atoms with Gasteiger partial charge in [0.2, 0.25) is 5.75 Å². The largest absolute Gasteiger partial charge is 0.493 e. The number of rotatable bonds is 8. The molecule has 1 aromatic carbocycles. The van der Waals surface area contributed by atoms with E-state index in [0.717, 1.165) is 0 Å². The summed E-state index contributed by atoms with van der Waals surface area (Å²) in [6.45, 7) is 4.64. The molecule has 1 heterocycles. The van der Waals surface area contributed by atoms with Crippen LogP contribution in [0.4, 0.5) is 5.69 Å². The van der Waals surface area contributed by atoms with Crippen molar-refractivity contribution in [2.75, 3.05) is 21.3 Å². The Hall–Kier alpha value is -3.63. The van der Waals surface area contributed by atoms with Gasteiger partial charge in [-0.05, 0) is 32.9 Å². The number of methoxy groups -OCH3 is 3. The van der Waals surface area contributed by atoms with Gasteiger partial charge in [0.25, 0.3) is 5.91 Å². The Kier molecular flexibility index (Phi) is 6.75. The second kappa shape index (κ2) is 9.04. The second-order valence-corrected chi connectivity index (χ2v) is 6.09. The van der Waals surface area contributed by atoms with Gasteiger partial charge in [0, 0.05) is 5.56 Å². The smallest absolute Gasteiger partial charge is 0.312 e. The van der Waals surface area contributed by atoms with E-state index in [1.54, 1.807) is 26.0 Å². The van der Waals surface area contributed by atoms with Gasteiger partial charge in [-0.25, -0.2) is 5.43 Å². The van der Waals surface area contributed by atoms with E-state index in [0.29, 0.717) is 28.5 Å². The van der Waals surface area contributed by atoms with E-state index in [9.17, 15) is 14.9 Å². The number of hydrogen-bond acceptors (Lipinski definition) is 8. The van der Waals surface area contributed by atoms with Gasteiger partial charge in [-0.1, -0.05) is 0 Å². The summed E-state index contributed by atoms with van der Waals surface area (Å²) in [7, 11) is 4.49. The first-order chi connectivity index (χ1) is 13.7. The molecule has 0 spiro atoms. The molecule has 1 atom stereocenters. The van der Waals surface area contributed by atoms with Gasteiger partial charge in [-0.2, -0.15) is 10.2 Å². The lowest BCUT2D eigenvalue weighted by Crippen LogP contribution is -2.28. The summed E-state index contributed by atoms with van der Waals surface area (Å²) in [6.07, 6.45) is 1.42. The third-order valence-corrected chi connectivity index (χ3v) is 4.29. The van der Waals surface area contributed by atoms with E-state index < -0.39 is 16.9 Å². The number of nitrogens with one attached hydrogen (secondary N) is 1. The number of aryl methyl sites for hydroxylation is 1. The van der Waals surface area contributed by atoms with Gasteiger partial charge in [0.05, 0.1) is 32.5 Å². The van der Waals surface area contributed by atoms with Crippen LogP contribution in [0.25, 0.3) is 0 Å². The van der Waals surface area contributed by atoms with Crippen molar-refractivity contribution in [3.05, 3.63) is 39.2 Å². The minimum atomic E-state index is -0.792. The molecule has 0 saturated carbocycles. The van der Waals surface area contributed by atoms with Gasteiger partial charge < -0.3 is 14.2 Å². The van der Waals surface area contributed by atoms with Crippen molar-refractivity contribution in [1.82, 2.24) is 15.2 Å². The van der Waals surface area contributed by atoms with Crippen LogP contribution in [0.1, 0.15) is 29.9 Å². The highest BCUT2D eigenvalue weighted by atomic mass is 16.6. The minimum absolute atomic E-state index is 0.106. The number of ether oxygens (including phenoxy) is 3. The molecule has 0 radical (unpaired) electrons. The predicted molar refractivity (Wildman–Crippen MR) is 105 cm³/mol. The number of hydrazone groups is 1. The van der Waals surface area contributed by atoms with E-state index in [4.69, 9.17) is 14.2 Å². The first kappa shape index (κ1) is 21.7. The molecule has 156 valence electrons. The van der Waals surface area contributed by atoms with Crippen molar-refractivity contribution in [3.8, 4) is 17.2 Å². The van der Waals surface area contributed by atoms with E-state index >= 15 is 0 Å². The van der Waals surface area contributed by atoms with Crippen LogP contribution in [-0.2, 0) is 4.79 Å². The quantitative estimate of drug-likeness (QED) is 0.404. The summed E-state index contributed by atoms with van der Waals surface area (Å²) in [5, 5.41) is 19.2. The molecule has 29 heavy (non-hydrogen) atoms. The third-order valence-electron chi connectivity index (χ3n) is 4.29. The number of benzene rings is 1. The Balaban J connectivity index is 2.18. The second-order valence-electron chi connectivity index (χ2n) is 6.09. The van der Waals surface area contributed by atoms with Crippen LogP contribution in [0.2, 0.25) is 0 Å². The molecule has 2 rings (SSSR count). The van der Waals surface area contributed by atoms with E-state index in [-0.39, 0.29) is 11.4 Å². The van der Waals surface area contributed by atoms with Gasteiger partial charge in [-0.15, -0.1) is 0 Å². The lowest BCUT2D eigenvalue weighted by Gasteiger charge is -2.13. The SMILES string of the molecule is COc1cc(C=NNC(=O)C(C)n2nc(C)c([N+](=O)[O-])c2C)cc(OC)c1OC. The minimum Gasteiger partial charge on any atom is -0.493 e. The summed E-state index contributed by atoms with van der Waals surface area (Å²) >= 11 is 0. The number of hydrogen-bond donors (Lipinski definition) is 1. The predicted octanol–water partition coefficient (Wildman–Crippen LogP) is 2.15. The monoisotopic (exact) mass is 405 g/mol. The molecule has 1 aromatic heterocycles. The topological polar surface area (TPSA) is 130 Å². The highest BCUT2D eigenvalue weighted by Crippen LogP contribution is 2.37. The molecule has 0 bridgehead atoms. The molecular weight excluding hydrogens is 382 g/mol. The molecule has 11 nitrogen and oxygen atoms in total. The van der Waals surface area contributed by atoms with E-state index in [1.165, 1.54) is 39.1 Å². The van der Waals surface area contributed by atoms with Crippen molar-refractivity contribution in [3.63, 3.8) is 0 Å². The molecule has 1 amide bonds. The maximum atomic E-state index is 12.4. The number of aromatic nitrogens is 2. The van der Waals surface area contributed by atoms with Crippen LogP contribution < -0.4 is 19.6 Å². The summed E-state index contributed by atoms with van der Waals surface area (Å²) in [4.78, 5) is 23.0. The standard InChI is InChI=1S/C18H23N5O6/c1-10-16(23(25)26)11(2)22(21-10)12(3)18(24)20-19-9-13-7-14(27-4)17(29-6)15(8-13)28-5/h7-9,12H,1-6H3,(H,20,24).